The number of hydrogen-bond donors (Lipinski definition) is 1. The summed E-state index contributed by atoms with van der Waals surface area (Å²) in [5.41, 5.74) is 3.90. The van der Waals surface area contributed by atoms with Gasteiger partial charge in [-0.15, -0.1) is 0 Å². The van der Waals surface area contributed by atoms with Crippen molar-refractivity contribution in [3.05, 3.63) is 58.4 Å². The number of anilines is 1. The second-order valence-electron chi connectivity index (χ2n) is 7.07. The van der Waals surface area contributed by atoms with Crippen LogP contribution in [0.2, 0.25) is 5.02 Å². The zero-order valence-corrected chi connectivity index (χ0v) is 17.3. The third-order valence-corrected chi connectivity index (χ3v) is 5.49. The number of pyridine rings is 1. The Kier molecular flexibility index (Phi) is 7.29. The van der Waals surface area contributed by atoms with E-state index in [1.807, 2.05) is 29.2 Å². The second kappa shape index (κ2) is 9.89. The second-order valence-corrected chi connectivity index (χ2v) is 7.48. The molecule has 0 bridgehead atoms. The fourth-order valence-corrected chi connectivity index (χ4v) is 3.91. The van der Waals surface area contributed by atoms with Crippen molar-refractivity contribution in [3.8, 4) is 0 Å². The van der Waals surface area contributed by atoms with Crippen molar-refractivity contribution in [3.63, 3.8) is 0 Å². The molecule has 1 aliphatic heterocycles. The van der Waals surface area contributed by atoms with E-state index in [0.717, 1.165) is 54.7 Å². The van der Waals surface area contributed by atoms with Gasteiger partial charge >= 0.3 is 6.03 Å². The third-order valence-electron chi connectivity index (χ3n) is 5.14. The fourth-order valence-electron chi connectivity index (χ4n) is 3.62. The van der Waals surface area contributed by atoms with Crippen molar-refractivity contribution in [2.24, 2.45) is 0 Å². The van der Waals surface area contributed by atoms with Gasteiger partial charge in [-0.25, -0.2) is 4.79 Å². The first-order valence-corrected chi connectivity index (χ1v) is 10.4. The van der Waals surface area contributed by atoms with Crippen LogP contribution in [0.3, 0.4) is 0 Å². The summed E-state index contributed by atoms with van der Waals surface area (Å²) in [6, 6.07) is 7.64. The van der Waals surface area contributed by atoms with Gasteiger partial charge in [0, 0.05) is 37.1 Å². The molecule has 1 atom stereocenters. The van der Waals surface area contributed by atoms with E-state index in [1.165, 1.54) is 0 Å². The first-order chi connectivity index (χ1) is 13.6. The molecule has 6 heteroatoms. The minimum Gasteiger partial charge on any atom is -0.376 e. The average molecular weight is 402 g/mol. The summed E-state index contributed by atoms with van der Waals surface area (Å²) < 4.78 is 5.77. The Balaban J connectivity index is 1.83. The SMILES string of the molecule is CCc1ccc(Cl)c(CC)c1NC(=O)N(Cc1cccnc1)CC1CCCO1. The smallest absolute Gasteiger partial charge is 0.322 e. The number of halogens is 1. The van der Waals surface area contributed by atoms with Crippen LogP contribution in [0.5, 0.6) is 0 Å². The van der Waals surface area contributed by atoms with Crippen molar-refractivity contribution in [1.82, 2.24) is 9.88 Å². The molecule has 0 aliphatic carbocycles. The predicted octanol–water partition coefficient (Wildman–Crippen LogP) is 5.07. The molecule has 2 aromatic rings. The van der Waals surface area contributed by atoms with Gasteiger partial charge in [0.25, 0.3) is 0 Å². The van der Waals surface area contributed by atoms with Gasteiger partial charge in [-0.2, -0.15) is 0 Å². The normalized spacial score (nSPS) is 16.2. The molecule has 3 rings (SSSR count). The summed E-state index contributed by atoms with van der Waals surface area (Å²) in [6.45, 7) is 5.95. The fraction of sp³-hybridized carbons (Fsp3) is 0.455. The first kappa shape index (κ1) is 20.6. The molecule has 1 aliphatic rings. The van der Waals surface area contributed by atoms with Crippen LogP contribution in [-0.2, 0) is 24.1 Å². The maximum Gasteiger partial charge on any atom is 0.322 e. The van der Waals surface area contributed by atoms with E-state index in [2.05, 4.69) is 24.1 Å². The number of urea groups is 1. The van der Waals surface area contributed by atoms with Crippen LogP contribution in [0.4, 0.5) is 10.5 Å². The highest BCUT2D eigenvalue weighted by molar-refractivity contribution is 6.32. The maximum absolute atomic E-state index is 13.2. The van der Waals surface area contributed by atoms with Crippen molar-refractivity contribution in [2.75, 3.05) is 18.5 Å². The molecule has 0 saturated carbocycles. The summed E-state index contributed by atoms with van der Waals surface area (Å²) in [5, 5.41) is 3.83. The highest BCUT2D eigenvalue weighted by Crippen LogP contribution is 2.30. The number of carbonyl (C=O) groups excluding carboxylic acids is 1. The molecular weight excluding hydrogens is 374 g/mol. The van der Waals surface area contributed by atoms with E-state index < -0.39 is 0 Å². The molecule has 2 heterocycles. The number of amides is 2. The average Bonchev–Trinajstić information content (AvgIpc) is 3.22. The minimum atomic E-state index is -0.133. The first-order valence-electron chi connectivity index (χ1n) is 9.99. The van der Waals surface area contributed by atoms with E-state index in [1.54, 1.807) is 12.4 Å². The van der Waals surface area contributed by atoms with E-state index in [-0.39, 0.29) is 12.1 Å². The van der Waals surface area contributed by atoms with Crippen LogP contribution in [0.15, 0.2) is 36.7 Å². The Morgan fingerprint density at radius 3 is 2.82 bits per heavy atom. The van der Waals surface area contributed by atoms with Crippen LogP contribution in [0.1, 0.15) is 43.4 Å². The van der Waals surface area contributed by atoms with E-state index in [4.69, 9.17) is 16.3 Å². The third kappa shape index (κ3) is 5.03. The van der Waals surface area contributed by atoms with Crippen molar-refractivity contribution < 1.29 is 9.53 Å². The summed E-state index contributed by atoms with van der Waals surface area (Å²) in [6.07, 6.45) is 7.23. The summed E-state index contributed by atoms with van der Waals surface area (Å²) in [5.74, 6) is 0. The van der Waals surface area contributed by atoms with Gasteiger partial charge in [0.2, 0.25) is 0 Å². The van der Waals surface area contributed by atoms with Gasteiger partial charge in [0.1, 0.15) is 0 Å². The lowest BCUT2D eigenvalue weighted by atomic mass is 10.0. The monoisotopic (exact) mass is 401 g/mol. The summed E-state index contributed by atoms with van der Waals surface area (Å²) >= 11 is 6.40. The Bertz CT molecular complexity index is 792. The Morgan fingerprint density at radius 1 is 1.32 bits per heavy atom. The number of ether oxygens (including phenoxy) is 1. The number of nitrogens with one attached hydrogen (secondary N) is 1. The molecule has 28 heavy (non-hydrogen) atoms. The number of benzene rings is 1. The Labute approximate surface area is 172 Å². The van der Waals surface area contributed by atoms with Crippen molar-refractivity contribution >= 4 is 23.3 Å². The molecule has 5 nitrogen and oxygen atoms in total. The zero-order valence-electron chi connectivity index (χ0n) is 16.6. The predicted molar refractivity (Wildman–Crippen MR) is 113 cm³/mol. The molecule has 1 aromatic heterocycles. The van der Waals surface area contributed by atoms with Gasteiger partial charge in [0.15, 0.2) is 0 Å². The molecular formula is C22H28ClN3O2. The molecule has 1 N–H and O–H groups in total. The molecule has 1 fully saturated rings. The van der Waals surface area contributed by atoms with Crippen molar-refractivity contribution in [1.29, 1.82) is 0 Å². The highest BCUT2D eigenvalue weighted by atomic mass is 35.5. The van der Waals surface area contributed by atoms with E-state index >= 15 is 0 Å². The molecule has 2 amide bonds. The number of aromatic nitrogens is 1. The highest BCUT2D eigenvalue weighted by Gasteiger charge is 2.24. The number of nitrogens with zero attached hydrogens (tertiary/aromatic N) is 2. The van der Waals surface area contributed by atoms with Crippen LogP contribution >= 0.6 is 11.6 Å². The van der Waals surface area contributed by atoms with Gasteiger partial charge in [-0.1, -0.05) is 37.6 Å². The van der Waals surface area contributed by atoms with Gasteiger partial charge in [-0.05, 0) is 54.5 Å². The Morgan fingerprint density at radius 2 is 2.18 bits per heavy atom. The molecule has 1 aromatic carbocycles. The molecule has 1 unspecified atom stereocenters. The molecule has 0 spiro atoms. The lowest BCUT2D eigenvalue weighted by molar-refractivity contribution is 0.0819. The standard InChI is InChI=1S/C22H28ClN3O2/c1-3-17-9-10-20(23)19(4-2)21(17)25-22(27)26(15-18-8-6-12-28-18)14-16-7-5-11-24-13-16/h5,7,9-11,13,18H,3-4,6,8,12,14-15H2,1-2H3,(H,25,27). The van der Waals surface area contributed by atoms with Crippen LogP contribution in [-0.4, -0.2) is 35.2 Å². The van der Waals surface area contributed by atoms with Gasteiger partial charge in [-0.3, -0.25) is 4.98 Å². The maximum atomic E-state index is 13.2. The zero-order chi connectivity index (χ0) is 19.9. The lowest BCUT2D eigenvalue weighted by Gasteiger charge is -2.27. The number of rotatable bonds is 7. The summed E-state index contributed by atoms with van der Waals surface area (Å²) in [7, 11) is 0. The quantitative estimate of drug-likeness (QED) is 0.704. The number of carbonyl (C=O) groups is 1. The summed E-state index contributed by atoms with van der Waals surface area (Å²) in [4.78, 5) is 19.2. The van der Waals surface area contributed by atoms with E-state index in [0.29, 0.717) is 18.1 Å². The van der Waals surface area contributed by atoms with E-state index in [9.17, 15) is 4.79 Å². The lowest BCUT2D eigenvalue weighted by Crippen LogP contribution is -2.40. The van der Waals surface area contributed by atoms with Crippen LogP contribution in [0, 0.1) is 0 Å². The topological polar surface area (TPSA) is 54.5 Å². The van der Waals surface area contributed by atoms with Crippen LogP contribution in [0.25, 0.3) is 0 Å². The Hall–Kier alpha value is -2.11. The largest absolute Gasteiger partial charge is 0.376 e. The molecule has 1 saturated heterocycles. The minimum absolute atomic E-state index is 0.0815. The molecule has 0 radical (unpaired) electrons. The number of hydrogen-bond acceptors (Lipinski definition) is 3. The van der Waals surface area contributed by atoms with Gasteiger partial charge < -0.3 is 15.0 Å². The molecule has 150 valence electrons. The van der Waals surface area contributed by atoms with Crippen LogP contribution < -0.4 is 5.32 Å². The van der Waals surface area contributed by atoms with Gasteiger partial charge in [0.05, 0.1) is 11.8 Å². The van der Waals surface area contributed by atoms with Crippen molar-refractivity contribution in [2.45, 2.75) is 52.2 Å². The number of aryl methyl sites for hydroxylation is 1.